The predicted molar refractivity (Wildman–Crippen MR) is 153 cm³/mol. The van der Waals surface area contributed by atoms with Crippen molar-refractivity contribution in [3.63, 3.8) is 0 Å². The minimum absolute atomic E-state index is 0.00212. The summed E-state index contributed by atoms with van der Waals surface area (Å²) < 4.78 is 34.5. The molecule has 0 spiro atoms. The molecule has 6 rings (SSSR count). The van der Waals surface area contributed by atoms with Gasteiger partial charge in [-0.2, -0.15) is 0 Å². The van der Waals surface area contributed by atoms with Crippen LogP contribution in [0.1, 0.15) is 55.7 Å². The first-order chi connectivity index (χ1) is 18.7. The van der Waals surface area contributed by atoms with Crippen LogP contribution < -0.4 is 10.0 Å². The van der Waals surface area contributed by atoms with Crippen LogP contribution in [0.4, 0.5) is 11.4 Å². The van der Waals surface area contributed by atoms with Gasteiger partial charge in [-0.15, -0.1) is 0 Å². The molecular weight excluding hydrogens is 508 g/mol. The van der Waals surface area contributed by atoms with E-state index in [1.54, 1.807) is 24.3 Å². The maximum atomic E-state index is 13.4. The number of anilines is 2. The van der Waals surface area contributed by atoms with E-state index in [1.165, 1.54) is 18.2 Å². The molecular formula is C32H30N2O4S. The van der Waals surface area contributed by atoms with E-state index in [1.807, 2.05) is 56.3 Å². The van der Waals surface area contributed by atoms with Gasteiger partial charge < -0.3 is 10.1 Å². The van der Waals surface area contributed by atoms with E-state index in [0.717, 1.165) is 34.4 Å². The van der Waals surface area contributed by atoms with Gasteiger partial charge in [0.25, 0.3) is 10.0 Å². The second-order valence-electron chi connectivity index (χ2n) is 10.4. The number of esters is 1. The molecule has 2 aliphatic rings. The average Bonchev–Trinajstić information content (AvgIpc) is 3.34. The molecule has 0 aromatic heterocycles. The van der Waals surface area contributed by atoms with Crippen LogP contribution in [0.25, 0.3) is 0 Å². The van der Waals surface area contributed by atoms with E-state index in [2.05, 4.69) is 28.2 Å². The topological polar surface area (TPSA) is 84.5 Å². The van der Waals surface area contributed by atoms with E-state index < -0.39 is 10.0 Å². The molecule has 1 aliphatic carbocycles. The summed E-state index contributed by atoms with van der Waals surface area (Å²) in [5.74, 6) is -0.137. The first kappa shape index (κ1) is 25.2. The normalized spacial score (nSPS) is 19.3. The van der Waals surface area contributed by atoms with Gasteiger partial charge in [-0.05, 0) is 102 Å². The number of benzene rings is 4. The highest BCUT2D eigenvalue weighted by Crippen LogP contribution is 2.54. The molecule has 0 radical (unpaired) electrons. The molecule has 6 nitrogen and oxygen atoms in total. The van der Waals surface area contributed by atoms with E-state index in [-0.39, 0.29) is 28.7 Å². The summed E-state index contributed by atoms with van der Waals surface area (Å²) in [6.07, 6.45) is 0.870. The van der Waals surface area contributed by atoms with Crippen LogP contribution >= 0.6 is 0 Å². The SMILES string of the molecule is COC(=O)c1ccc(C2Nc3ccc(S(=O)(=O)Nc4ccc(C)c(C)c4)cc3[C@H]3c4ccccc4C[C@@H]23)cc1. The molecule has 198 valence electrons. The number of hydrogen-bond donors (Lipinski definition) is 2. The van der Waals surface area contributed by atoms with Crippen LogP contribution in [-0.4, -0.2) is 21.5 Å². The fourth-order valence-corrected chi connectivity index (χ4v) is 7.08. The Morgan fingerprint density at radius 2 is 1.67 bits per heavy atom. The Labute approximate surface area is 229 Å². The maximum Gasteiger partial charge on any atom is 0.337 e. The lowest BCUT2D eigenvalue weighted by molar-refractivity contribution is 0.0600. The first-order valence-corrected chi connectivity index (χ1v) is 14.5. The number of sulfonamides is 1. The molecule has 0 amide bonds. The molecule has 7 heteroatoms. The number of ether oxygens (including phenoxy) is 1. The Bertz CT molecular complexity index is 1700. The third kappa shape index (κ3) is 4.46. The van der Waals surface area contributed by atoms with Crippen LogP contribution in [0, 0.1) is 19.8 Å². The lowest BCUT2D eigenvalue weighted by Gasteiger charge is -2.38. The van der Waals surface area contributed by atoms with Crippen molar-refractivity contribution in [2.45, 2.75) is 37.1 Å². The van der Waals surface area contributed by atoms with Gasteiger partial charge in [0.15, 0.2) is 0 Å². The van der Waals surface area contributed by atoms with Crippen molar-refractivity contribution in [1.82, 2.24) is 0 Å². The van der Waals surface area contributed by atoms with Crippen molar-refractivity contribution in [2.24, 2.45) is 5.92 Å². The summed E-state index contributed by atoms with van der Waals surface area (Å²) in [6, 6.07) is 26.9. The molecule has 4 aromatic carbocycles. The largest absolute Gasteiger partial charge is 0.465 e. The molecule has 2 N–H and O–H groups in total. The second kappa shape index (κ2) is 9.58. The third-order valence-electron chi connectivity index (χ3n) is 8.13. The number of fused-ring (bicyclic) bond motifs is 5. The molecule has 3 atom stereocenters. The molecule has 0 saturated carbocycles. The number of carbonyl (C=O) groups is 1. The fraction of sp³-hybridized carbons (Fsp3) is 0.219. The van der Waals surface area contributed by atoms with Crippen molar-refractivity contribution in [3.05, 3.63) is 124 Å². The van der Waals surface area contributed by atoms with Crippen molar-refractivity contribution >= 4 is 27.4 Å². The Kier molecular flexibility index (Phi) is 6.19. The molecule has 1 aliphatic heterocycles. The molecule has 0 fully saturated rings. The molecule has 4 aromatic rings. The van der Waals surface area contributed by atoms with Gasteiger partial charge in [-0.1, -0.05) is 42.5 Å². The summed E-state index contributed by atoms with van der Waals surface area (Å²) in [5.41, 5.74) is 8.68. The molecule has 1 unspecified atom stereocenters. The minimum Gasteiger partial charge on any atom is -0.465 e. The quantitative estimate of drug-likeness (QED) is 0.289. The van der Waals surface area contributed by atoms with Gasteiger partial charge in [0.2, 0.25) is 0 Å². The highest BCUT2D eigenvalue weighted by Gasteiger charge is 2.43. The average molecular weight is 539 g/mol. The Morgan fingerprint density at radius 1 is 0.897 bits per heavy atom. The van der Waals surface area contributed by atoms with E-state index in [4.69, 9.17) is 4.74 Å². The maximum absolute atomic E-state index is 13.4. The molecule has 0 saturated heterocycles. The summed E-state index contributed by atoms with van der Waals surface area (Å²) in [6.45, 7) is 3.97. The van der Waals surface area contributed by atoms with E-state index in [0.29, 0.717) is 11.3 Å². The summed E-state index contributed by atoms with van der Waals surface area (Å²) in [4.78, 5) is 12.2. The second-order valence-corrected chi connectivity index (χ2v) is 12.1. The Morgan fingerprint density at radius 3 is 2.41 bits per heavy atom. The number of carbonyl (C=O) groups excluding carboxylic acids is 1. The zero-order valence-electron chi connectivity index (χ0n) is 22.1. The van der Waals surface area contributed by atoms with Crippen LogP contribution in [0.2, 0.25) is 0 Å². The van der Waals surface area contributed by atoms with Crippen molar-refractivity contribution < 1.29 is 17.9 Å². The number of nitrogens with one attached hydrogen (secondary N) is 2. The summed E-state index contributed by atoms with van der Waals surface area (Å²) >= 11 is 0. The van der Waals surface area contributed by atoms with E-state index in [9.17, 15) is 13.2 Å². The van der Waals surface area contributed by atoms with Crippen LogP contribution in [0.15, 0.2) is 89.8 Å². The molecule has 1 heterocycles. The summed E-state index contributed by atoms with van der Waals surface area (Å²) in [5, 5.41) is 3.69. The Balaban J connectivity index is 1.39. The van der Waals surface area contributed by atoms with Gasteiger partial charge in [-0.25, -0.2) is 13.2 Å². The number of methoxy groups -OCH3 is 1. The number of hydrogen-bond acceptors (Lipinski definition) is 5. The first-order valence-electron chi connectivity index (χ1n) is 13.0. The smallest absolute Gasteiger partial charge is 0.337 e. The van der Waals surface area contributed by atoms with Gasteiger partial charge in [0, 0.05) is 17.3 Å². The van der Waals surface area contributed by atoms with Crippen molar-refractivity contribution in [2.75, 3.05) is 17.1 Å². The highest BCUT2D eigenvalue weighted by molar-refractivity contribution is 7.92. The highest BCUT2D eigenvalue weighted by atomic mass is 32.2. The fourth-order valence-electron chi connectivity index (χ4n) is 6.00. The van der Waals surface area contributed by atoms with Crippen LogP contribution in [-0.2, 0) is 21.2 Å². The van der Waals surface area contributed by atoms with Crippen molar-refractivity contribution in [1.29, 1.82) is 0 Å². The number of aryl methyl sites for hydroxylation is 2. The lowest BCUT2D eigenvalue weighted by Crippen LogP contribution is -2.30. The monoisotopic (exact) mass is 538 g/mol. The van der Waals surface area contributed by atoms with Crippen molar-refractivity contribution in [3.8, 4) is 0 Å². The standard InChI is InChI=1S/C32H30N2O4S/c1-19-8-13-24(16-20(19)2)34-39(36,37)25-14-15-29-27(18-25)30-26-7-5-4-6-23(26)17-28(30)31(33-29)21-9-11-22(12-10-21)32(35)38-3/h4-16,18,28,30-31,33-34H,17H2,1-3H3/t28-,30-,31?/m1/s1. The van der Waals surface area contributed by atoms with Gasteiger partial charge in [-0.3, -0.25) is 4.72 Å². The number of rotatable bonds is 5. The molecule has 0 bridgehead atoms. The third-order valence-corrected chi connectivity index (χ3v) is 9.51. The Hall–Kier alpha value is -4.10. The zero-order chi connectivity index (χ0) is 27.3. The predicted octanol–water partition coefficient (Wildman–Crippen LogP) is 6.36. The lowest BCUT2D eigenvalue weighted by atomic mass is 9.75. The summed E-state index contributed by atoms with van der Waals surface area (Å²) in [7, 11) is -2.41. The van der Waals surface area contributed by atoms with Gasteiger partial charge in [0.1, 0.15) is 0 Å². The van der Waals surface area contributed by atoms with Crippen LogP contribution in [0.3, 0.4) is 0 Å². The molecule has 39 heavy (non-hydrogen) atoms. The van der Waals surface area contributed by atoms with Gasteiger partial charge in [0.05, 0.1) is 23.6 Å². The minimum atomic E-state index is -3.79. The van der Waals surface area contributed by atoms with E-state index >= 15 is 0 Å². The van der Waals surface area contributed by atoms with Crippen LogP contribution in [0.5, 0.6) is 0 Å². The van der Waals surface area contributed by atoms with Gasteiger partial charge >= 0.3 is 5.97 Å². The zero-order valence-corrected chi connectivity index (χ0v) is 22.9.